The van der Waals surface area contributed by atoms with Crippen LogP contribution in [0.2, 0.25) is 0 Å². The number of ether oxygens (including phenoxy) is 2. The number of esters is 1. The largest absolute Gasteiger partial charge is 0.465 e. The maximum absolute atomic E-state index is 12.1. The SMILES string of the molecule is COC(=O)c1ccc(C=CC2CCN(C(=O)OC(C)(C)C)CC2)cc1. The molecule has 5 nitrogen and oxygen atoms in total. The van der Waals surface area contributed by atoms with Gasteiger partial charge in [-0.1, -0.05) is 24.3 Å². The number of methoxy groups -OCH3 is 1. The third-order valence-corrected chi connectivity index (χ3v) is 4.08. The van der Waals surface area contributed by atoms with E-state index in [-0.39, 0.29) is 12.1 Å². The Kier molecular flexibility index (Phi) is 6.23. The minimum atomic E-state index is -0.454. The molecule has 1 amide bonds. The molecule has 1 fully saturated rings. The van der Waals surface area contributed by atoms with Gasteiger partial charge in [0.2, 0.25) is 0 Å². The van der Waals surface area contributed by atoms with Crippen LogP contribution in [0.4, 0.5) is 4.79 Å². The van der Waals surface area contributed by atoms with Crippen molar-refractivity contribution in [3.8, 4) is 0 Å². The third kappa shape index (κ3) is 5.93. The molecule has 0 aliphatic carbocycles. The van der Waals surface area contributed by atoms with Crippen LogP contribution in [0.3, 0.4) is 0 Å². The number of carbonyl (C=O) groups is 2. The molecule has 1 aliphatic heterocycles. The average Bonchev–Trinajstić information content (AvgIpc) is 2.58. The molecule has 1 heterocycles. The molecule has 1 saturated heterocycles. The van der Waals surface area contributed by atoms with Crippen LogP contribution < -0.4 is 0 Å². The Hall–Kier alpha value is -2.30. The van der Waals surface area contributed by atoms with Crippen molar-refractivity contribution in [2.45, 2.75) is 39.2 Å². The highest BCUT2D eigenvalue weighted by Crippen LogP contribution is 2.21. The molecule has 0 unspecified atom stereocenters. The van der Waals surface area contributed by atoms with E-state index in [9.17, 15) is 9.59 Å². The molecule has 1 aromatic carbocycles. The van der Waals surface area contributed by atoms with Crippen molar-refractivity contribution in [1.82, 2.24) is 4.90 Å². The van der Waals surface area contributed by atoms with Gasteiger partial charge in [-0.25, -0.2) is 9.59 Å². The highest BCUT2D eigenvalue weighted by Gasteiger charge is 2.25. The van der Waals surface area contributed by atoms with Gasteiger partial charge < -0.3 is 14.4 Å². The van der Waals surface area contributed by atoms with E-state index in [1.54, 1.807) is 17.0 Å². The first-order valence-corrected chi connectivity index (χ1v) is 8.63. The number of hydrogen-bond donors (Lipinski definition) is 0. The molecule has 0 aromatic heterocycles. The molecule has 0 atom stereocenters. The van der Waals surface area contributed by atoms with E-state index in [4.69, 9.17) is 9.47 Å². The highest BCUT2D eigenvalue weighted by atomic mass is 16.6. The Bertz CT molecular complexity index is 620. The van der Waals surface area contributed by atoms with Gasteiger partial charge in [-0.15, -0.1) is 0 Å². The summed E-state index contributed by atoms with van der Waals surface area (Å²) in [5.74, 6) is 0.115. The van der Waals surface area contributed by atoms with Crippen molar-refractivity contribution in [2.75, 3.05) is 20.2 Å². The molecule has 0 spiro atoms. The van der Waals surface area contributed by atoms with Gasteiger partial charge in [0.05, 0.1) is 12.7 Å². The average molecular weight is 345 g/mol. The van der Waals surface area contributed by atoms with E-state index in [0.29, 0.717) is 24.6 Å². The second-order valence-corrected chi connectivity index (χ2v) is 7.28. The summed E-state index contributed by atoms with van der Waals surface area (Å²) >= 11 is 0. The summed E-state index contributed by atoms with van der Waals surface area (Å²) < 4.78 is 10.1. The molecule has 0 radical (unpaired) electrons. The van der Waals surface area contributed by atoms with Crippen molar-refractivity contribution in [1.29, 1.82) is 0 Å². The Labute approximate surface area is 149 Å². The molecule has 2 rings (SSSR count). The molecule has 0 N–H and O–H groups in total. The molecule has 5 heteroatoms. The number of amides is 1. The van der Waals surface area contributed by atoms with Crippen molar-refractivity contribution >= 4 is 18.1 Å². The van der Waals surface area contributed by atoms with Crippen molar-refractivity contribution in [3.05, 3.63) is 41.5 Å². The predicted octanol–water partition coefficient (Wildman–Crippen LogP) is 4.13. The second-order valence-electron chi connectivity index (χ2n) is 7.28. The lowest BCUT2D eigenvalue weighted by atomic mass is 9.96. The fraction of sp³-hybridized carbons (Fsp3) is 0.500. The van der Waals surface area contributed by atoms with Gasteiger partial charge in [0.15, 0.2) is 0 Å². The van der Waals surface area contributed by atoms with Crippen molar-refractivity contribution in [2.24, 2.45) is 5.92 Å². The lowest BCUT2D eigenvalue weighted by Crippen LogP contribution is -2.41. The van der Waals surface area contributed by atoms with Gasteiger partial charge >= 0.3 is 12.1 Å². The minimum Gasteiger partial charge on any atom is -0.465 e. The van der Waals surface area contributed by atoms with Crippen LogP contribution in [0.1, 0.15) is 49.5 Å². The summed E-state index contributed by atoms with van der Waals surface area (Å²) in [6.45, 7) is 7.07. The van der Waals surface area contributed by atoms with E-state index in [1.165, 1.54) is 7.11 Å². The molecule has 0 saturated carbocycles. The van der Waals surface area contributed by atoms with E-state index < -0.39 is 5.60 Å². The van der Waals surface area contributed by atoms with E-state index in [1.807, 2.05) is 32.9 Å². The first-order chi connectivity index (χ1) is 11.8. The number of allylic oxidation sites excluding steroid dienone is 1. The summed E-state index contributed by atoms with van der Waals surface area (Å²) in [7, 11) is 1.37. The number of nitrogens with zero attached hydrogens (tertiary/aromatic N) is 1. The van der Waals surface area contributed by atoms with Crippen molar-refractivity contribution in [3.63, 3.8) is 0 Å². The lowest BCUT2D eigenvalue weighted by molar-refractivity contribution is 0.0197. The molecule has 25 heavy (non-hydrogen) atoms. The van der Waals surface area contributed by atoms with E-state index in [0.717, 1.165) is 18.4 Å². The second kappa shape index (κ2) is 8.19. The Balaban J connectivity index is 1.84. The molecule has 0 bridgehead atoms. The van der Waals surface area contributed by atoms with Crippen LogP contribution in [-0.2, 0) is 9.47 Å². The monoisotopic (exact) mass is 345 g/mol. The summed E-state index contributed by atoms with van der Waals surface area (Å²) in [5.41, 5.74) is 1.14. The summed E-state index contributed by atoms with van der Waals surface area (Å²) in [6, 6.07) is 7.32. The standard InChI is InChI=1S/C20H27NO4/c1-20(2,3)25-19(23)21-13-11-16(12-14-21)6-5-15-7-9-17(10-8-15)18(22)24-4/h5-10,16H,11-14H2,1-4H3. The maximum atomic E-state index is 12.1. The zero-order valence-electron chi connectivity index (χ0n) is 15.5. The molecule has 1 aromatic rings. The number of likely N-dealkylation sites (tertiary alicyclic amines) is 1. The number of benzene rings is 1. The lowest BCUT2D eigenvalue weighted by Gasteiger charge is -2.32. The minimum absolute atomic E-state index is 0.228. The summed E-state index contributed by atoms with van der Waals surface area (Å²) in [5, 5.41) is 0. The molecular weight excluding hydrogens is 318 g/mol. The number of rotatable bonds is 3. The normalized spacial score (nSPS) is 16.1. The smallest absolute Gasteiger partial charge is 0.410 e. The summed E-state index contributed by atoms with van der Waals surface area (Å²) in [6.07, 6.45) is 5.87. The maximum Gasteiger partial charge on any atom is 0.410 e. The van der Waals surface area contributed by atoms with Gasteiger partial charge in [0, 0.05) is 13.1 Å². The van der Waals surface area contributed by atoms with Gasteiger partial charge in [0.25, 0.3) is 0 Å². The predicted molar refractivity (Wildman–Crippen MR) is 97.3 cm³/mol. The van der Waals surface area contributed by atoms with Crippen molar-refractivity contribution < 1.29 is 19.1 Å². The first-order valence-electron chi connectivity index (χ1n) is 8.63. The number of carbonyl (C=O) groups excluding carboxylic acids is 2. The van der Waals surface area contributed by atoms with E-state index in [2.05, 4.69) is 12.2 Å². The van der Waals surface area contributed by atoms with E-state index >= 15 is 0 Å². The third-order valence-electron chi connectivity index (χ3n) is 4.08. The zero-order chi connectivity index (χ0) is 18.4. The quantitative estimate of drug-likeness (QED) is 0.773. The number of hydrogen-bond acceptors (Lipinski definition) is 4. The van der Waals surface area contributed by atoms with Crippen LogP contribution in [-0.4, -0.2) is 42.8 Å². The van der Waals surface area contributed by atoms with Crippen LogP contribution >= 0.6 is 0 Å². The Morgan fingerprint density at radius 2 is 1.72 bits per heavy atom. The Morgan fingerprint density at radius 3 is 2.24 bits per heavy atom. The van der Waals surface area contributed by atoms with Gasteiger partial charge in [0.1, 0.15) is 5.60 Å². The van der Waals surface area contributed by atoms with Gasteiger partial charge in [-0.05, 0) is 57.2 Å². The highest BCUT2D eigenvalue weighted by molar-refractivity contribution is 5.89. The van der Waals surface area contributed by atoms with Crippen LogP contribution in [0.5, 0.6) is 0 Å². The molecule has 1 aliphatic rings. The topological polar surface area (TPSA) is 55.8 Å². The fourth-order valence-electron chi connectivity index (χ4n) is 2.70. The summed E-state index contributed by atoms with van der Waals surface area (Å²) in [4.78, 5) is 25.3. The zero-order valence-corrected chi connectivity index (χ0v) is 15.5. The van der Waals surface area contributed by atoms with Crippen LogP contribution in [0.25, 0.3) is 6.08 Å². The Morgan fingerprint density at radius 1 is 1.12 bits per heavy atom. The molecular formula is C20H27NO4. The fourth-order valence-corrected chi connectivity index (χ4v) is 2.70. The van der Waals surface area contributed by atoms with Gasteiger partial charge in [-0.2, -0.15) is 0 Å². The van der Waals surface area contributed by atoms with Crippen LogP contribution in [0.15, 0.2) is 30.3 Å². The van der Waals surface area contributed by atoms with Gasteiger partial charge in [-0.3, -0.25) is 0 Å². The molecule has 136 valence electrons. The number of piperidine rings is 1. The van der Waals surface area contributed by atoms with Crippen LogP contribution in [0, 0.1) is 5.92 Å². The first kappa shape index (κ1) is 19.0.